The number of carbonyl (C=O) groups is 1. The van der Waals surface area contributed by atoms with E-state index < -0.39 is 6.04 Å². The summed E-state index contributed by atoms with van der Waals surface area (Å²) in [5, 5.41) is 1.04. The van der Waals surface area contributed by atoms with Gasteiger partial charge in [-0.15, -0.1) is 0 Å². The summed E-state index contributed by atoms with van der Waals surface area (Å²) >= 11 is 3.33. The standard InChI is InChI=1S/C8H14BrFO/c9-7-5-3-1-2-4-6-8(10)11/h1-7H2. The molecule has 0 atom stereocenters. The lowest BCUT2D eigenvalue weighted by molar-refractivity contribution is -0.129. The van der Waals surface area contributed by atoms with Crippen molar-refractivity contribution in [3.63, 3.8) is 0 Å². The molecule has 0 saturated carbocycles. The number of halogens is 2. The number of alkyl halides is 1. The molecule has 11 heavy (non-hydrogen) atoms. The van der Waals surface area contributed by atoms with E-state index in [9.17, 15) is 9.18 Å². The molecule has 0 aromatic heterocycles. The Hall–Kier alpha value is 0.0800. The SMILES string of the molecule is O=C(F)CCCCCCCBr. The van der Waals surface area contributed by atoms with Crippen LogP contribution < -0.4 is 0 Å². The molecule has 0 rings (SSSR count). The predicted molar refractivity (Wildman–Crippen MR) is 47.6 cm³/mol. The molecule has 0 heterocycles. The van der Waals surface area contributed by atoms with E-state index in [2.05, 4.69) is 15.9 Å². The van der Waals surface area contributed by atoms with Gasteiger partial charge < -0.3 is 0 Å². The Morgan fingerprint density at radius 3 is 2.18 bits per heavy atom. The second-order valence-corrected chi connectivity index (χ2v) is 3.35. The van der Waals surface area contributed by atoms with E-state index in [0.29, 0.717) is 6.42 Å². The lowest BCUT2D eigenvalue weighted by atomic mass is 10.1. The number of unbranched alkanes of at least 4 members (excludes halogenated alkanes) is 4. The van der Waals surface area contributed by atoms with E-state index in [4.69, 9.17) is 0 Å². The molecule has 0 aromatic rings. The number of hydrogen-bond donors (Lipinski definition) is 0. The molecule has 3 heteroatoms. The summed E-state index contributed by atoms with van der Waals surface area (Å²) in [5.74, 6) is 0. The van der Waals surface area contributed by atoms with Crippen LogP contribution in [0.15, 0.2) is 0 Å². The minimum absolute atomic E-state index is 0.105. The van der Waals surface area contributed by atoms with Gasteiger partial charge >= 0.3 is 6.04 Å². The molecule has 0 unspecified atom stereocenters. The van der Waals surface area contributed by atoms with Gasteiger partial charge in [0.05, 0.1) is 0 Å². The summed E-state index contributed by atoms with van der Waals surface area (Å²) in [6.07, 6.45) is 5.24. The summed E-state index contributed by atoms with van der Waals surface area (Å²) in [6.45, 7) is 0. The van der Waals surface area contributed by atoms with Crippen LogP contribution in [0.2, 0.25) is 0 Å². The maximum Gasteiger partial charge on any atom is 0.301 e. The van der Waals surface area contributed by atoms with Crippen molar-refractivity contribution in [2.24, 2.45) is 0 Å². The minimum atomic E-state index is -1.18. The second-order valence-electron chi connectivity index (χ2n) is 2.56. The molecule has 0 aliphatic heterocycles. The van der Waals surface area contributed by atoms with Gasteiger partial charge in [-0.3, -0.25) is 4.79 Å². The van der Waals surface area contributed by atoms with Crippen LogP contribution in [0, 0.1) is 0 Å². The highest BCUT2D eigenvalue weighted by Gasteiger charge is 1.96. The van der Waals surface area contributed by atoms with Gasteiger partial charge in [0.1, 0.15) is 0 Å². The van der Waals surface area contributed by atoms with E-state index in [1.807, 2.05) is 0 Å². The van der Waals surface area contributed by atoms with E-state index in [1.165, 1.54) is 12.8 Å². The van der Waals surface area contributed by atoms with Crippen molar-refractivity contribution in [1.82, 2.24) is 0 Å². The van der Waals surface area contributed by atoms with E-state index >= 15 is 0 Å². The highest BCUT2D eigenvalue weighted by Crippen LogP contribution is 2.06. The maximum absolute atomic E-state index is 11.6. The first kappa shape index (κ1) is 11.1. The van der Waals surface area contributed by atoms with Crippen molar-refractivity contribution in [3.05, 3.63) is 0 Å². The normalized spacial score (nSPS) is 10.0. The van der Waals surface area contributed by atoms with Crippen LogP contribution in [0.1, 0.15) is 38.5 Å². The van der Waals surface area contributed by atoms with Crippen LogP contribution in [0.3, 0.4) is 0 Å². The Balaban J connectivity index is 2.85. The third-order valence-corrected chi connectivity index (χ3v) is 2.07. The fourth-order valence-electron chi connectivity index (χ4n) is 0.889. The molecule has 0 aliphatic rings. The van der Waals surface area contributed by atoms with E-state index in [0.717, 1.165) is 18.2 Å². The van der Waals surface area contributed by atoms with Gasteiger partial charge in [0.2, 0.25) is 0 Å². The van der Waals surface area contributed by atoms with Crippen LogP contribution >= 0.6 is 15.9 Å². The molecule has 0 spiro atoms. The van der Waals surface area contributed by atoms with E-state index in [-0.39, 0.29) is 6.42 Å². The van der Waals surface area contributed by atoms with Gasteiger partial charge in [0.25, 0.3) is 0 Å². The molecular weight excluding hydrogens is 211 g/mol. The lowest BCUT2D eigenvalue weighted by Crippen LogP contribution is -1.87. The quantitative estimate of drug-likeness (QED) is 0.369. The molecule has 0 N–H and O–H groups in total. The zero-order valence-electron chi connectivity index (χ0n) is 6.61. The van der Waals surface area contributed by atoms with Gasteiger partial charge in [-0.1, -0.05) is 35.2 Å². The fourth-order valence-corrected chi connectivity index (χ4v) is 1.29. The molecule has 0 fully saturated rings. The molecule has 0 amide bonds. The molecule has 1 nitrogen and oxygen atoms in total. The third kappa shape index (κ3) is 10.1. The smallest absolute Gasteiger partial charge is 0.261 e. The fraction of sp³-hybridized carbons (Fsp3) is 0.875. The topological polar surface area (TPSA) is 17.1 Å². The zero-order chi connectivity index (χ0) is 8.53. The molecule has 0 saturated heterocycles. The minimum Gasteiger partial charge on any atom is -0.261 e. The average molecular weight is 225 g/mol. The monoisotopic (exact) mass is 224 g/mol. The van der Waals surface area contributed by atoms with Crippen LogP contribution in [0.4, 0.5) is 4.39 Å². The first-order valence-corrected chi connectivity index (χ1v) is 5.14. The third-order valence-electron chi connectivity index (χ3n) is 1.51. The van der Waals surface area contributed by atoms with Crippen LogP contribution in [0.5, 0.6) is 0 Å². The highest BCUT2D eigenvalue weighted by molar-refractivity contribution is 9.09. The van der Waals surface area contributed by atoms with Crippen molar-refractivity contribution in [3.8, 4) is 0 Å². The zero-order valence-corrected chi connectivity index (χ0v) is 8.20. The van der Waals surface area contributed by atoms with Crippen molar-refractivity contribution >= 4 is 22.0 Å². The van der Waals surface area contributed by atoms with Gasteiger partial charge in [0, 0.05) is 11.8 Å². The lowest BCUT2D eigenvalue weighted by Gasteiger charge is -1.96. The second kappa shape index (κ2) is 8.18. The average Bonchev–Trinajstić information content (AvgIpc) is 1.96. The van der Waals surface area contributed by atoms with Crippen molar-refractivity contribution < 1.29 is 9.18 Å². The van der Waals surface area contributed by atoms with Crippen LogP contribution in [-0.4, -0.2) is 11.4 Å². The summed E-state index contributed by atoms with van der Waals surface area (Å²) in [7, 11) is 0. The molecule has 0 aromatic carbocycles. The Morgan fingerprint density at radius 2 is 1.64 bits per heavy atom. The number of carbonyl (C=O) groups excluding carboxylic acids is 1. The molecular formula is C8H14BrFO. The maximum atomic E-state index is 11.6. The molecule has 0 aliphatic carbocycles. The molecule has 0 radical (unpaired) electrons. The molecule has 66 valence electrons. The summed E-state index contributed by atoms with van der Waals surface area (Å²) < 4.78 is 11.6. The van der Waals surface area contributed by atoms with Gasteiger partial charge in [-0.05, 0) is 12.8 Å². The first-order chi connectivity index (χ1) is 5.27. The Morgan fingerprint density at radius 1 is 1.09 bits per heavy atom. The number of rotatable bonds is 7. The van der Waals surface area contributed by atoms with Crippen molar-refractivity contribution in [1.29, 1.82) is 0 Å². The van der Waals surface area contributed by atoms with Crippen molar-refractivity contribution in [2.45, 2.75) is 38.5 Å². The van der Waals surface area contributed by atoms with Crippen LogP contribution in [-0.2, 0) is 4.79 Å². The Bertz CT molecular complexity index is 106. The summed E-state index contributed by atoms with van der Waals surface area (Å²) in [4.78, 5) is 9.86. The van der Waals surface area contributed by atoms with Crippen LogP contribution in [0.25, 0.3) is 0 Å². The van der Waals surface area contributed by atoms with Gasteiger partial charge in [0.15, 0.2) is 0 Å². The highest BCUT2D eigenvalue weighted by atomic mass is 79.9. The Labute approximate surface area is 75.5 Å². The van der Waals surface area contributed by atoms with Gasteiger partial charge in [-0.25, -0.2) is 0 Å². The summed E-state index contributed by atoms with van der Waals surface area (Å²) in [6, 6.07) is -1.18. The van der Waals surface area contributed by atoms with Crippen molar-refractivity contribution in [2.75, 3.05) is 5.33 Å². The van der Waals surface area contributed by atoms with Gasteiger partial charge in [-0.2, -0.15) is 4.39 Å². The Kier molecular flexibility index (Phi) is 8.24. The first-order valence-electron chi connectivity index (χ1n) is 4.01. The molecule has 0 bridgehead atoms. The predicted octanol–water partition coefficient (Wildman–Crippen LogP) is 3.22. The largest absolute Gasteiger partial charge is 0.301 e. The summed E-state index contributed by atoms with van der Waals surface area (Å²) in [5.41, 5.74) is 0. The number of hydrogen-bond acceptors (Lipinski definition) is 1. The van der Waals surface area contributed by atoms with E-state index in [1.54, 1.807) is 0 Å².